The van der Waals surface area contributed by atoms with E-state index in [1.165, 1.54) is 35.6 Å². The van der Waals surface area contributed by atoms with Crippen LogP contribution in [-0.4, -0.2) is 44.3 Å². The van der Waals surface area contributed by atoms with Gasteiger partial charge >= 0.3 is 6.03 Å². The molecule has 30 heavy (non-hydrogen) atoms. The molecule has 0 bridgehead atoms. The third-order valence-electron chi connectivity index (χ3n) is 4.61. The first kappa shape index (κ1) is 21.8. The number of nitrogens with one attached hydrogen (secondary N) is 3. The topological polar surface area (TPSA) is 125 Å². The number of anilines is 2. The number of benzene rings is 1. The Hall–Kier alpha value is -2.92. The van der Waals surface area contributed by atoms with Crippen LogP contribution in [0.3, 0.4) is 0 Å². The second kappa shape index (κ2) is 9.26. The predicted molar refractivity (Wildman–Crippen MR) is 114 cm³/mol. The van der Waals surface area contributed by atoms with E-state index in [9.17, 15) is 22.8 Å². The average Bonchev–Trinajstić information content (AvgIpc) is 3.20. The molecule has 3 rings (SSSR count). The third-order valence-corrected chi connectivity index (χ3v) is 6.85. The van der Waals surface area contributed by atoms with E-state index >= 15 is 0 Å². The van der Waals surface area contributed by atoms with Crippen molar-refractivity contribution in [2.45, 2.75) is 24.7 Å². The van der Waals surface area contributed by atoms with E-state index in [-0.39, 0.29) is 22.8 Å². The van der Waals surface area contributed by atoms with Crippen LogP contribution < -0.4 is 15.4 Å². The molecule has 0 spiro atoms. The Kier molecular flexibility index (Phi) is 6.73. The van der Waals surface area contributed by atoms with Crippen LogP contribution in [0.5, 0.6) is 0 Å². The van der Waals surface area contributed by atoms with Crippen molar-refractivity contribution in [2.75, 3.05) is 23.7 Å². The number of amides is 4. The maximum Gasteiger partial charge on any atom is 0.322 e. The van der Waals surface area contributed by atoms with E-state index in [0.717, 1.165) is 11.9 Å². The largest absolute Gasteiger partial charge is 0.326 e. The number of rotatable bonds is 5. The summed E-state index contributed by atoms with van der Waals surface area (Å²) in [7, 11) is -3.91. The zero-order valence-corrected chi connectivity index (χ0v) is 17.9. The Balaban J connectivity index is 1.51. The summed E-state index contributed by atoms with van der Waals surface area (Å²) in [5, 5.41) is 8.27. The summed E-state index contributed by atoms with van der Waals surface area (Å²) in [4.78, 5) is 37.4. The lowest BCUT2D eigenvalue weighted by molar-refractivity contribution is -0.121. The van der Waals surface area contributed by atoms with Crippen molar-refractivity contribution in [3.05, 3.63) is 41.8 Å². The van der Waals surface area contributed by atoms with Crippen LogP contribution in [0.1, 0.15) is 19.8 Å². The predicted octanol–water partition coefficient (Wildman–Crippen LogP) is 2.46. The molecule has 0 unspecified atom stereocenters. The van der Waals surface area contributed by atoms with Crippen molar-refractivity contribution >= 4 is 49.9 Å². The van der Waals surface area contributed by atoms with Crippen LogP contribution in [0.25, 0.3) is 0 Å². The molecule has 1 aromatic carbocycles. The van der Waals surface area contributed by atoms with E-state index in [1.807, 2.05) is 22.2 Å². The van der Waals surface area contributed by atoms with Gasteiger partial charge in [-0.1, -0.05) is 0 Å². The summed E-state index contributed by atoms with van der Waals surface area (Å²) in [6.07, 6.45) is 1.08. The van der Waals surface area contributed by atoms with Crippen LogP contribution in [0, 0.1) is 5.92 Å². The van der Waals surface area contributed by atoms with E-state index in [0.29, 0.717) is 31.6 Å². The Morgan fingerprint density at radius 1 is 1.03 bits per heavy atom. The summed E-state index contributed by atoms with van der Waals surface area (Å²) < 4.78 is 25.8. The normalized spacial score (nSPS) is 14.8. The average molecular weight is 451 g/mol. The van der Waals surface area contributed by atoms with E-state index in [2.05, 4.69) is 10.6 Å². The minimum atomic E-state index is -3.91. The van der Waals surface area contributed by atoms with Gasteiger partial charge < -0.3 is 10.2 Å². The minimum Gasteiger partial charge on any atom is -0.326 e. The molecule has 2 heterocycles. The lowest BCUT2D eigenvalue weighted by Gasteiger charge is -2.31. The van der Waals surface area contributed by atoms with Crippen LogP contribution >= 0.6 is 11.3 Å². The molecule has 4 amide bonds. The van der Waals surface area contributed by atoms with Crippen molar-refractivity contribution in [2.24, 2.45) is 5.92 Å². The lowest BCUT2D eigenvalue weighted by Crippen LogP contribution is -2.43. The van der Waals surface area contributed by atoms with Gasteiger partial charge in [-0.05, 0) is 54.6 Å². The minimum absolute atomic E-state index is 0.0687. The molecule has 9 nitrogen and oxygen atoms in total. The molecule has 1 aromatic heterocycles. The number of urea groups is 1. The van der Waals surface area contributed by atoms with E-state index < -0.39 is 15.9 Å². The molecule has 1 saturated heterocycles. The number of nitrogens with zero attached hydrogens (tertiary/aromatic N) is 1. The third kappa shape index (κ3) is 5.57. The van der Waals surface area contributed by atoms with Gasteiger partial charge in [0.2, 0.25) is 11.8 Å². The summed E-state index contributed by atoms with van der Waals surface area (Å²) >= 11 is 1.45. The summed E-state index contributed by atoms with van der Waals surface area (Å²) in [6, 6.07) is 9.09. The quantitative estimate of drug-likeness (QED) is 0.645. The van der Waals surface area contributed by atoms with Crippen molar-refractivity contribution in [3.8, 4) is 0 Å². The van der Waals surface area contributed by atoms with Gasteiger partial charge in [0.05, 0.1) is 9.90 Å². The first-order valence-electron chi connectivity index (χ1n) is 9.28. The van der Waals surface area contributed by atoms with Crippen molar-refractivity contribution < 1.29 is 22.8 Å². The summed E-state index contributed by atoms with van der Waals surface area (Å²) in [6.45, 7) is 2.07. The van der Waals surface area contributed by atoms with Crippen molar-refractivity contribution in [3.63, 3.8) is 0 Å². The van der Waals surface area contributed by atoms with Crippen molar-refractivity contribution in [1.29, 1.82) is 0 Å². The lowest BCUT2D eigenvalue weighted by atomic mass is 9.96. The zero-order valence-electron chi connectivity index (χ0n) is 16.3. The molecule has 1 aliphatic rings. The van der Waals surface area contributed by atoms with Crippen molar-refractivity contribution in [1.82, 2.24) is 9.62 Å². The molecular formula is C19H22N4O5S2. The fraction of sp³-hybridized carbons (Fsp3) is 0.316. The highest BCUT2D eigenvalue weighted by molar-refractivity contribution is 7.90. The molecule has 0 saturated carbocycles. The summed E-state index contributed by atoms with van der Waals surface area (Å²) in [5.74, 6) is -1.09. The second-order valence-electron chi connectivity index (χ2n) is 6.84. The monoisotopic (exact) mass is 450 g/mol. The number of thiophene rings is 1. The number of carbonyl (C=O) groups excluding carboxylic acids is 3. The number of carbonyl (C=O) groups is 3. The van der Waals surface area contributed by atoms with E-state index in [1.54, 1.807) is 4.90 Å². The maximum atomic E-state index is 12.5. The van der Waals surface area contributed by atoms with Gasteiger partial charge in [-0.2, -0.15) is 0 Å². The van der Waals surface area contributed by atoms with Gasteiger partial charge in [0, 0.05) is 31.6 Å². The number of sulfonamides is 1. The number of likely N-dealkylation sites (tertiary alicyclic amines) is 1. The van der Waals surface area contributed by atoms with Gasteiger partial charge in [0.15, 0.2) is 0 Å². The molecule has 0 atom stereocenters. The highest BCUT2D eigenvalue weighted by Gasteiger charge is 2.27. The molecule has 11 heteroatoms. The van der Waals surface area contributed by atoms with Gasteiger partial charge in [-0.3, -0.25) is 14.9 Å². The zero-order chi connectivity index (χ0) is 21.7. The van der Waals surface area contributed by atoms with Crippen LogP contribution in [0.4, 0.5) is 15.5 Å². The first-order valence-corrected chi connectivity index (χ1v) is 11.6. The van der Waals surface area contributed by atoms with Gasteiger partial charge in [-0.25, -0.2) is 17.9 Å². The number of hydrogen-bond acceptors (Lipinski definition) is 6. The molecule has 160 valence electrons. The van der Waals surface area contributed by atoms with Crippen LogP contribution in [0.15, 0.2) is 46.7 Å². The van der Waals surface area contributed by atoms with Crippen LogP contribution in [0.2, 0.25) is 0 Å². The van der Waals surface area contributed by atoms with Gasteiger partial charge in [-0.15, -0.1) is 11.3 Å². The summed E-state index contributed by atoms with van der Waals surface area (Å²) in [5.41, 5.74) is 0.458. The van der Waals surface area contributed by atoms with Gasteiger partial charge in [0.1, 0.15) is 0 Å². The number of piperidine rings is 1. The Morgan fingerprint density at radius 2 is 1.70 bits per heavy atom. The molecule has 1 aliphatic heterocycles. The maximum absolute atomic E-state index is 12.5. The Morgan fingerprint density at radius 3 is 2.27 bits per heavy atom. The van der Waals surface area contributed by atoms with Gasteiger partial charge in [0.25, 0.3) is 10.0 Å². The molecule has 0 radical (unpaired) electrons. The number of hydrogen-bond donors (Lipinski definition) is 3. The highest BCUT2D eigenvalue weighted by Crippen LogP contribution is 2.22. The Bertz CT molecular complexity index is 1010. The first-order chi connectivity index (χ1) is 14.2. The molecule has 1 fully saturated rings. The molecule has 3 N–H and O–H groups in total. The Labute approximate surface area is 178 Å². The molecule has 2 aromatic rings. The fourth-order valence-corrected chi connectivity index (χ4v) is 4.69. The smallest absolute Gasteiger partial charge is 0.322 e. The second-order valence-corrected chi connectivity index (χ2v) is 9.47. The SMILES string of the molecule is CC(=O)NS(=O)(=O)c1ccc(NC(=O)C2CCN(C(=O)Nc3cccs3)CC2)cc1. The molecular weight excluding hydrogens is 428 g/mol. The fourth-order valence-electron chi connectivity index (χ4n) is 3.09. The van der Waals surface area contributed by atoms with E-state index in [4.69, 9.17) is 0 Å². The van der Waals surface area contributed by atoms with Crippen LogP contribution in [-0.2, 0) is 19.6 Å². The molecule has 0 aliphatic carbocycles. The highest BCUT2D eigenvalue weighted by atomic mass is 32.2. The standard InChI is InChI=1S/C19H22N4O5S2/c1-13(24)22-30(27,28)16-6-4-15(5-7-16)20-18(25)14-8-10-23(11-9-14)19(26)21-17-3-2-12-29-17/h2-7,12,14H,8-11H2,1H3,(H,20,25)(H,21,26)(H,22,24).